The van der Waals surface area contributed by atoms with Gasteiger partial charge in [-0.3, -0.25) is 9.59 Å². The zero-order valence-corrected chi connectivity index (χ0v) is 12.2. The molecule has 1 aromatic heterocycles. The Hall–Kier alpha value is -2.76. The monoisotopic (exact) mass is 303 g/mol. The van der Waals surface area contributed by atoms with E-state index in [1.807, 2.05) is 31.2 Å². The molecule has 0 aliphatic carbocycles. The Balaban J connectivity index is 1.59. The predicted octanol–water partition coefficient (Wildman–Crippen LogP) is 1.94. The van der Waals surface area contributed by atoms with Gasteiger partial charge in [0.25, 0.3) is 5.91 Å². The lowest BCUT2D eigenvalue weighted by molar-refractivity contribution is -0.143. The summed E-state index contributed by atoms with van der Waals surface area (Å²) in [5.41, 5.74) is 1.14. The molecular weight excluding hydrogens is 286 g/mol. The normalized spacial score (nSPS) is 10.0. The number of nitrogens with one attached hydrogen (secondary N) is 1. The number of rotatable bonds is 7. The molecule has 0 saturated carbocycles. The molecule has 1 N–H and O–H groups in total. The molecule has 0 radical (unpaired) electrons. The number of esters is 1. The van der Waals surface area contributed by atoms with Crippen LogP contribution < -0.4 is 10.1 Å². The largest absolute Gasteiger partial charge is 0.490 e. The molecule has 0 aliphatic rings. The molecule has 0 saturated heterocycles. The molecular formula is C16H17NO5. The van der Waals surface area contributed by atoms with Crippen molar-refractivity contribution in [3.05, 3.63) is 54.0 Å². The minimum Gasteiger partial charge on any atom is -0.490 e. The Labute approximate surface area is 128 Å². The van der Waals surface area contributed by atoms with Gasteiger partial charge in [0, 0.05) is 0 Å². The van der Waals surface area contributed by atoms with Gasteiger partial charge in [0.1, 0.15) is 25.5 Å². The van der Waals surface area contributed by atoms with Crippen molar-refractivity contribution in [3.8, 4) is 5.75 Å². The molecule has 1 amide bonds. The number of amides is 1. The van der Waals surface area contributed by atoms with Crippen molar-refractivity contribution in [2.45, 2.75) is 6.92 Å². The Bertz CT molecular complexity index is 604. The van der Waals surface area contributed by atoms with Crippen LogP contribution in [0.5, 0.6) is 5.75 Å². The molecule has 6 nitrogen and oxygen atoms in total. The summed E-state index contributed by atoms with van der Waals surface area (Å²) < 4.78 is 15.3. The molecule has 0 fully saturated rings. The summed E-state index contributed by atoms with van der Waals surface area (Å²) >= 11 is 0. The minimum absolute atomic E-state index is 0.114. The van der Waals surface area contributed by atoms with Crippen molar-refractivity contribution < 1.29 is 23.5 Å². The third-order valence-electron chi connectivity index (χ3n) is 2.77. The number of furan rings is 1. The summed E-state index contributed by atoms with van der Waals surface area (Å²) in [4.78, 5) is 23.0. The average Bonchev–Trinajstić information content (AvgIpc) is 3.05. The Morgan fingerprint density at radius 2 is 1.91 bits per heavy atom. The highest BCUT2D eigenvalue weighted by molar-refractivity contribution is 5.93. The van der Waals surface area contributed by atoms with E-state index < -0.39 is 11.9 Å². The van der Waals surface area contributed by atoms with Gasteiger partial charge in [-0.1, -0.05) is 17.7 Å². The van der Waals surface area contributed by atoms with Crippen molar-refractivity contribution in [1.82, 2.24) is 5.32 Å². The first-order chi connectivity index (χ1) is 10.6. The molecule has 116 valence electrons. The Kier molecular flexibility index (Phi) is 5.59. The zero-order chi connectivity index (χ0) is 15.8. The fraction of sp³-hybridized carbons (Fsp3) is 0.250. The van der Waals surface area contributed by atoms with Crippen LogP contribution >= 0.6 is 0 Å². The van der Waals surface area contributed by atoms with Gasteiger partial charge in [-0.05, 0) is 31.2 Å². The summed E-state index contributed by atoms with van der Waals surface area (Å²) in [6, 6.07) is 10.7. The summed E-state index contributed by atoms with van der Waals surface area (Å²) in [6.45, 7) is 2.14. The first kappa shape index (κ1) is 15.6. The SMILES string of the molecule is Cc1ccc(OCCOC(=O)CNC(=O)c2ccco2)cc1. The molecule has 0 unspecified atom stereocenters. The van der Waals surface area contributed by atoms with E-state index in [0.717, 1.165) is 5.56 Å². The van der Waals surface area contributed by atoms with E-state index in [1.54, 1.807) is 6.07 Å². The number of aryl methyl sites for hydroxylation is 1. The average molecular weight is 303 g/mol. The van der Waals surface area contributed by atoms with Crippen molar-refractivity contribution in [1.29, 1.82) is 0 Å². The third-order valence-corrected chi connectivity index (χ3v) is 2.77. The minimum atomic E-state index is -0.535. The lowest BCUT2D eigenvalue weighted by Crippen LogP contribution is -2.31. The van der Waals surface area contributed by atoms with Crippen LogP contribution in [0.15, 0.2) is 47.1 Å². The number of carbonyl (C=O) groups is 2. The third kappa shape index (κ3) is 4.97. The Morgan fingerprint density at radius 3 is 2.59 bits per heavy atom. The van der Waals surface area contributed by atoms with Crippen molar-refractivity contribution in [2.75, 3.05) is 19.8 Å². The molecule has 22 heavy (non-hydrogen) atoms. The van der Waals surface area contributed by atoms with Gasteiger partial charge < -0.3 is 19.2 Å². The number of ether oxygens (including phenoxy) is 2. The molecule has 2 aromatic rings. The molecule has 0 spiro atoms. The maximum Gasteiger partial charge on any atom is 0.325 e. The highest BCUT2D eigenvalue weighted by Gasteiger charge is 2.10. The summed E-state index contributed by atoms with van der Waals surface area (Å²) in [5.74, 6) is -0.131. The van der Waals surface area contributed by atoms with Crippen molar-refractivity contribution >= 4 is 11.9 Å². The molecule has 0 bridgehead atoms. The second-order valence-corrected chi connectivity index (χ2v) is 4.54. The van der Waals surface area contributed by atoms with E-state index in [0.29, 0.717) is 5.75 Å². The molecule has 1 heterocycles. The summed E-state index contributed by atoms with van der Waals surface area (Å²) in [6.07, 6.45) is 1.38. The molecule has 2 rings (SSSR count). The van der Waals surface area contributed by atoms with Crippen molar-refractivity contribution in [2.24, 2.45) is 0 Å². The van der Waals surface area contributed by atoms with Crippen LogP contribution in [0.25, 0.3) is 0 Å². The smallest absolute Gasteiger partial charge is 0.325 e. The van der Waals surface area contributed by atoms with Gasteiger partial charge in [-0.15, -0.1) is 0 Å². The standard InChI is InChI=1S/C16H17NO5/c1-12-4-6-13(7-5-12)20-9-10-22-15(18)11-17-16(19)14-3-2-8-21-14/h2-8H,9-11H2,1H3,(H,17,19). The fourth-order valence-electron chi connectivity index (χ4n) is 1.65. The maximum absolute atomic E-state index is 11.5. The van der Waals surface area contributed by atoms with Gasteiger partial charge in [0.2, 0.25) is 0 Å². The summed E-state index contributed by atoms with van der Waals surface area (Å²) in [5, 5.41) is 2.40. The van der Waals surface area contributed by atoms with Gasteiger partial charge in [0.05, 0.1) is 6.26 Å². The first-order valence-electron chi connectivity index (χ1n) is 6.82. The van der Waals surface area contributed by atoms with Crippen molar-refractivity contribution in [3.63, 3.8) is 0 Å². The zero-order valence-electron chi connectivity index (χ0n) is 12.2. The molecule has 6 heteroatoms. The van der Waals surface area contributed by atoms with E-state index >= 15 is 0 Å². The predicted molar refractivity (Wildman–Crippen MR) is 78.7 cm³/mol. The second-order valence-electron chi connectivity index (χ2n) is 4.54. The lowest BCUT2D eigenvalue weighted by atomic mass is 10.2. The molecule has 1 aromatic carbocycles. The highest BCUT2D eigenvalue weighted by atomic mass is 16.6. The van der Waals surface area contributed by atoms with Crippen LogP contribution in [0.1, 0.15) is 16.1 Å². The topological polar surface area (TPSA) is 77.8 Å². The van der Waals surface area contributed by atoms with Gasteiger partial charge in [-0.2, -0.15) is 0 Å². The molecule has 0 aliphatic heterocycles. The van der Waals surface area contributed by atoms with Crippen LogP contribution in [0.4, 0.5) is 0 Å². The number of carbonyl (C=O) groups excluding carboxylic acids is 2. The Morgan fingerprint density at radius 1 is 1.14 bits per heavy atom. The number of hydrogen-bond donors (Lipinski definition) is 1. The van der Waals surface area contributed by atoms with E-state index in [9.17, 15) is 9.59 Å². The van der Waals surface area contributed by atoms with Gasteiger partial charge in [0.15, 0.2) is 5.76 Å². The van der Waals surface area contributed by atoms with Crippen LogP contribution in [0, 0.1) is 6.92 Å². The first-order valence-corrected chi connectivity index (χ1v) is 6.82. The van der Waals surface area contributed by atoms with Crippen LogP contribution in [-0.2, 0) is 9.53 Å². The quantitative estimate of drug-likeness (QED) is 0.625. The van der Waals surface area contributed by atoms with Gasteiger partial charge in [-0.25, -0.2) is 0 Å². The van der Waals surface area contributed by atoms with Crippen LogP contribution in [0.3, 0.4) is 0 Å². The van der Waals surface area contributed by atoms with E-state index in [4.69, 9.17) is 13.9 Å². The number of hydrogen-bond acceptors (Lipinski definition) is 5. The number of benzene rings is 1. The van der Waals surface area contributed by atoms with Crippen LogP contribution in [0.2, 0.25) is 0 Å². The summed E-state index contributed by atoms with van der Waals surface area (Å²) in [7, 11) is 0. The van der Waals surface area contributed by atoms with E-state index in [2.05, 4.69) is 5.32 Å². The second kappa shape index (κ2) is 7.87. The highest BCUT2D eigenvalue weighted by Crippen LogP contribution is 2.10. The lowest BCUT2D eigenvalue weighted by Gasteiger charge is -2.08. The van der Waals surface area contributed by atoms with E-state index in [-0.39, 0.29) is 25.5 Å². The maximum atomic E-state index is 11.5. The molecule has 0 atom stereocenters. The van der Waals surface area contributed by atoms with Gasteiger partial charge >= 0.3 is 5.97 Å². The fourth-order valence-corrected chi connectivity index (χ4v) is 1.65. The van der Waals surface area contributed by atoms with E-state index in [1.165, 1.54) is 12.3 Å². The van der Waals surface area contributed by atoms with Crippen LogP contribution in [-0.4, -0.2) is 31.6 Å².